The molecule has 2 fully saturated rings. The Balaban J connectivity index is 1.89. The van der Waals surface area contributed by atoms with E-state index in [0.717, 1.165) is 24.3 Å². The zero-order chi connectivity index (χ0) is 5.56. The summed E-state index contributed by atoms with van der Waals surface area (Å²) in [6.45, 7) is 0.946. The van der Waals surface area contributed by atoms with E-state index < -0.39 is 0 Å². The molecular weight excluding hydrogens is 98.1 g/mol. The maximum atomic E-state index is 5.52. The molecule has 8 heavy (non-hydrogen) atoms. The van der Waals surface area contributed by atoms with Gasteiger partial charge in [-0.15, -0.1) is 0 Å². The van der Waals surface area contributed by atoms with Crippen LogP contribution in [0.2, 0.25) is 0 Å². The molecular formula is C7H13N. The average Bonchev–Trinajstić information content (AvgIpc) is 1.76. The first-order valence-corrected chi connectivity index (χ1v) is 3.62. The van der Waals surface area contributed by atoms with Gasteiger partial charge in [-0.1, -0.05) is 0 Å². The van der Waals surface area contributed by atoms with Crippen molar-refractivity contribution in [2.75, 3.05) is 6.54 Å². The van der Waals surface area contributed by atoms with Crippen LogP contribution in [0.1, 0.15) is 19.3 Å². The highest BCUT2D eigenvalue weighted by atomic mass is 14.6. The molecule has 0 aliphatic heterocycles. The molecule has 2 aliphatic rings. The van der Waals surface area contributed by atoms with Crippen LogP contribution in [-0.2, 0) is 0 Å². The van der Waals surface area contributed by atoms with Crippen LogP contribution in [0.5, 0.6) is 0 Å². The van der Waals surface area contributed by atoms with Gasteiger partial charge in [0.15, 0.2) is 0 Å². The lowest BCUT2D eigenvalue weighted by molar-refractivity contribution is -0.0193. The van der Waals surface area contributed by atoms with Crippen molar-refractivity contribution in [1.29, 1.82) is 0 Å². The van der Waals surface area contributed by atoms with Crippen molar-refractivity contribution >= 4 is 0 Å². The van der Waals surface area contributed by atoms with Crippen LogP contribution >= 0.6 is 0 Å². The Morgan fingerprint density at radius 2 is 2.25 bits per heavy atom. The molecule has 3 unspecified atom stereocenters. The first-order chi connectivity index (χ1) is 3.92. The van der Waals surface area contributed by atoms with Gasteiger partial charge in [-0.3, -0.25) is 0 Å². The van der Waals surface area contributed by atoms with Gasteiger partial charge in [-0.05, 0) is 43.6 Å². The van der Waals surface area contributed by atoms with E-state index in [4.69, 9.17) is 5.73 Å². The van der Waals surface area contributed by atoms with Gasteiger partial charge in [0.1, 0.15) is 0 Å². The molecule has 0 spiro atoms. The molecule has 0 heterocycles. The van der Waals surface area contributed by atoms with E-state index in [1.165, 1.54) is 19.3 Å². The molecule has 0 aromatic rings. The lowest BCUT2D eigenvalue weighted by atomic mass is 9.53. The van der Waals surface area contributed by atoms with Gasteiger partial charge in [-0.2, -0.15) is 0 Å². The van der Waals surface area contributed by atoms with E-state index in [-0.39, 0.29) is 0 Å². The Kier molecular flexibility index (Phi) is 0.884. The van der Waals surface area contributed by atoms with E-state index in [0.29, 0.717) is 0 Å². The number of hydrogen-bond donors (Lipinski definition) is 1. The fourth-order valence-corrected chi connectivity index (χ4v) is 2.15. The average molecular weight is 111 g/mol. The van der Waals surface area contributed by atoms with Crippen LogP contribution in [0.3, 0.4) is 0 Å². The van der Waals surface area contributed by atoms with Crippen molar-refractivity contribution in [2.24, 2.45) is 23.5 Å². The molecule has 1 heteroatoms. The Labute approximate surface area is 50.3 Å². The second-order valence-electron chi connectivity index (χ2n) is 3.23. The van der Waals surface area contributed by atoms with Gasteiger partial charge in [0.2, 0.25) is 0 Å². The van der Waals surface area contributed by atoms with E-state index in [1.807, 2.05) is 0 Å². The molecule has 2 N–H and O–H groups in total. The molecule has 46 valence electrons. The summed E-state index contributed by atoms with van der Waals surface area (Å²) in [5, 5.41) is 0. The quantitative estimate of drug-likeness (QED) is 0.536. The standard InChI is InChI=1S/C7H13N/c8-4-6-3-5-1-2-7(5)6/h5-7H,1-4,8H2. The maximum absolute atomic E-state index is 5.52. The summed E-state index contributed by atoms with van der Waals surface area (Å²) < 4.78 is 0. The smallest absolute Gasteiger partial charge is 0.00460 e. The van der Waals surface area contributed by atoms with E-state index in [2.05, 4.69) is 0 Å². The van der Waals surface area contributed by atoms with E-state index in [9.17, 15) is 0 Å². The van der Waals surface area contributed by atoms with Crippen LogP contribution in [0.4, 0.5) is 0 Å². The van der Waals surface area contributed by atoms with Gasteiger partial charge in [-0.25, -0.2) is 0 Å². The molecule has 3 atom stereocenters. The minimum absolute atomic E-state index is 0.925. The third kappa shape index (κ3) is 0.408. The molecule has 0 radical (unpaired) electrons. The summed E-state index contributed by atoms with van der Waals surface area (Å²) in [5.74, 6) is 3.11. The van der Waals surface area contributed by atoms with Crippen molar-refractivity contribution in [1.82, 2.24) is 0 Å². The molecule has 0 aromatic heterocycles. The first kappa shape index (κ1) is 4.80. The third-order valence-corrected chi connectivity index (χ3v) is 2.99. The lowest BCUT2D eigenvalue weighted by Crippen LogP contribution is -2.47. The highest BCUT2D eigenvalue weighted by Gasteiger charge is 2.45. The molecule has 0 aromatic carbocycles. The van der Waals surface area contributed by atoms with Crippen molar-refractivity contribution in [3.63, 3.8) is 0 Å². The molecule has 2 aliphatic carbocycles. The Hall–Kier alpha value is -0.0400. The molecule has 0 saturated heterocycles. The third-order valence-electron chi connectivity index (χ3n) is 2.99. The fourth-order valence-electron chi connectivity index (χ4n) is 2.15. The second kappa shape index (κ2) is 1.47. The monoisotopic (exact) mass is 111 g/mol. The molecule has 1 nitrogen and oxygen atoms in total. The number of fused-ring (bicyclic) bond motifs is 1. The zero-order valence-corrected chi connectivity index (χ0v) is 5.14. The summed E-state index contributed by atoms with van der Waals surface area (Å²) in [6.07, 6.45) is 4.43. The second-order valence-corrected chi connectivity index (χ2v) is 3.23. The van der Waals surface area contributed by atoms with Crippen molar-refractivity contribution in [3.8, 4) is 0 Å². The number of hydrogen-bond acceptors (Lipinski definition) is 1. The van der Waals surface area contributed by atoms with Gasteiger partial charge < -0.3 is 5.73 Å². The van der Waals surface area contributed by atoms with Crippen molar-refractivity contribution in [2.45, 2.75) is 19.3 Å². The molecule has 2 saturated carbocycles. The molecule has 0 bridgehead atoms. The summed E-state index contributed by atoms with van der Waals surface area (Å²) >= 11 is 0. The van der Waals surface area contributed by atoms with Gasteiger partial charge in [0, 0.05) is 0 Å². The normalized spacial score (nSPS) is 51.4. The van der Waals surface area contributed by atoms with E-state index in [1.54, 1.807) is 0 Å². The highest BCUT2D eigenvalue weighted by molar-refractivity contribution is 4.96. The van der Waals surface area contributed by atoms with Crippen LogP contribution in [0.25, 0.3) is 0 Å². The fraction of sp³-hybridized carbons (Fsp3) is 1.00. The molecule has 2 rings (SSSR count). The highest BCUT2D eigenvalue weighted by Crippen LogP contribution is 2.53. The number of rotatable bonds is 1. The van der Waals surface area contributed by atoms with Gasteiger partial charge in [0.25, 0.3) is 0 Å². The Bertz CT molecular complexity index is 98.6. The topological polar surface area (TPSA) is 26.0 Å². The van der Waals surface area contributed by atoms with Crippen molar-refractivity contribution < 1.29 is 0 Å². The largest absolute Gasteiger partial charge is 0.330 e. The SMILES string of the molecule is NCC1CC2CCC12. The summed E-state index contributed by atoms with van der Waals surface area (Å²) in [7, 11) is 0. The zero-order valence-electron chi connectivity index (χ0n) is 5.14. The number of nitrogens with two attached hydrogens (primary N) is 1. The van der Waals surface area contributed by atoms with Crippen LogP contribution in [0, 0.1) is 17.8 Å². The van der Waals surface area contributed by atoms with E-state index >= 15 is 0 Å². The first-order valence-electron chi connectivity index (χ1n) is 3.62. The summed E-state index contributed by atoms with van der Waals surface area (Å²) in [6, 6.07) is 0. The predicted molar refractivity (Wildman–Crippen MR) is 33.4 cm³/mol. The van der Waals surface area contributed by atoms with Gasteiger partial charge >= 0.3 is 0 Å². The summed E-state index contributed by atoms with van der Waals surface area (Å²) in [4.78, 5) is 0. The van der Waals surface area contributed by atoms with Crippen LogP contribution in [0.15, 0.2) is 0 Å². The van der Waals surface area contributed by atoms with Gasteiger partial charge in [0.05, 0.1) is 0 Å². The minimum Gasteiger partial charge on any atom is -0.330 e. The molecule has 0 amide bonds. The maximum Gasteiger partial charge on any atom is -0.00460 e. The van der Waals surface area contributed by atoms with Crippen molar-refractivity contribution in [3.05, 3.63) is 0 Å². The van der Waals surface area contributed by atoms with Crippen LogP contribution in [-0.4, -0.2) is 6.54 Å². The lowest BCUT2D eigenvalue weighted by Gasteiger charge is -2.52. The Morgan fingerprint density at radius 3 is 2.38 bits per heavy atom. The predicted octanol–water partition coefficient (Wildman–Crippen LogP) is 0.991. The van der Waals surface area contributed by atoms with Crippen LogP contribution < -0.4 is 5.73 Å². The Morgan fingerprint density at radius 1 is 1.38 bits per heavy atom. The minimum atomic E-state index is 0.925. The summed E-state index contributed by atoms with van der Waals surface area (Å²) in [5.41, 5.74) is 5.52.